The zero-order chi connectivity index (χ0) is 22.4. The van der Waals surface area contributed by atoms with Gasteiger partial charge in [-0.15, -0.1) is 0 Å². The maximum atomic E-state index is 6.50. The van der Waals surface area contributed by atoms with Crippen LogP contribution in [0.1, 0.15) is 31.2 Å². The van der Waals surface area contributed by atoms with Gasteiger partial charge in [0.25, 0.3) is 0 Å². The number of aromatic nitrogens is 3. The lowest BCUT2D eigenvalue weighted by Crippen LogP contribution is -2.33. The summed E-state index contributed by atoms with van der Waals surface area (Å²) in [6.45, 7) is 2.21. The van der Waals surface area contributed by atoms with Crippen LogP contribution in [-0.2, 0) is 5.41 Å². The first-order valence-electron chi connectivity index (χ1n) is 11.2. The molecule has 3 aliphatic rings. The zero-order valence-electron chi connectivity index (χ0n) is 18.2. The number of para-hydroxylation sites is 1. The number of ether oxygens (including phenoxy) is 1. The van der Waals surface area contributed by atoms with E-state index in [0.717, 1.165) is 45.3 Å². The summed E-state index contributed by atoms with van der Waals surface area (Å²) < 4.78 is 7.56. The maximum absolute atomic E-state index is 6.50. The highest BCUT2D eigenvalue weighted by Crippen LogP contribution is 2.50. The lowest BCUT2D eigenvalue weighted by atomic mass is 9.76. The topological polar surface area (TPSA) is 47.9 Å². The second-order valence-electron chi connectivity index (χ2n) is 8.70. The monoisotopic (exact) mass is 495 g/mol. The molecule has 5 heteroatoms. The Morgan fingerprint density at radius 1 is 0.909 bits per heavy atom. The highest BCUT2D eigenvalue weighted by molar-refractivity contribution is 9.11. The first-order chi connectivity index (χ1) is 16.1. The summed E-state index contributed by atoms with van der Waals surface area (Å²) >= 11 is 3.64. The van der Waals surface area contributed by atoms with Crippen LogP contribution in [0, 0.1) is 0 Å². The SMILES string of the molecule is CC12C=C(Br)C=CC1Oc1c(-c3nc(C4=CCCC=C4)nc(-c4ccccc4)n3)cccc12. The summed E-state index contributed by atoms with van der Waals surface area (Å²) in [4.78, 5) is 14.7. The third-order valence-corrected chi connectivity index (χ3v) is 6.95. The molecule has 162 valence electrons. The molecule has 2 atom stereocenters. The predicted octanol–water partition coefficient (Wildman–Crippen LogP) is 6.81. The summed E-state index contributed by atoms with van der Waals surface area (Å²) in [6.07, 6.45) is 14.8. The number of benzene rings is 2. The number of allylic oxidation sites excluding steroid dienone is 6. The van der Waals surface area contributed by atoms with E-state index < -0.39 is 0 Å². The first kappa shape index (κ1) is 20.3. The van der Waals surface area contributed by atoms with Gasteiger partial charge in [0.2, 0.25) is 0 Å². The van der Waals surface area contributed by atoms with E-state index in [1.54, 1.807) is 0 Å². The second kappa shape index (κ2) is 7.92. The van der Waals surface area contributed by atoms with Crippen LogP contribution < -0.4 is 4.74 Å². The van der Waals surface area contributed by atoms with Crippen molar-refractivity contribution >= 4 is 21.5 Å². The van der Waals surface area contributed by atoms with Gasteiger partial charge in [-0.3, -0.25) is 0 Å². The van der Waals surface area contributed by atoms with E-state index in [1.807, 2.05) is 36.4 Å². The van der Waals surface area contributed by atoms with Crippen LogP contribution in [0.4, 0.5) is 0 Å². The molecule has 1 aromatic heterocycles. The number of fused-ring (bicyclic) bond motifs is 3. The summed E-state index contributed by atoms with van der Waals surface area (Å²) in [5, 5.41) is 0. The second-order valence-corrected chi connectivity index (χ2v) is 9.62. The van der Waals surface area contributed by atoms with E-state index >= 15 is 0 Å². The quantitative estimate of drug-likeness (QED) is 0.400. The van der Waals surface area contributed by atoms with Gasteiger partial charge in [0.1, 0.15) is 11.9 Å². The molecule has 2 unspecified atom stereocenters. The molecular formula is C28H22BrN3O. The van der Waals surface area contributed by atoms with Gasteiger partial charge < -0.3 is 4.74 Å². The van der Waals surface area contributed by atoms with Crippen LogP contribution in [0.25, 0.3) is 28.3 Å². The number of nitrogens with zero attached hydrogens (tertiary/aromatic N) is 3. The van der Waals surface area contributed by atoms with Gasteiger partial charge >= 0.3 is 0 Å². The Hall–Kier alpha value is -3.31. The Bertz CT molecular complexity index is 1370. The van der Waals surface area contributed by atoms with Crippen molar-refractivity contribution in [2.45, 2.75) is 31.3 Å². The molecule has 0 amide bonds. The fraction of sp³-hybridized carbons (Fsp3) is 0.179. The van der Waals surface area contributed by atoms with Crippen LogP contribution in [-0.4, -0.2) is 21.1 Å². The first-order valence-corrected chi connectivity index (χ1v) is 12.0. The molecule has 0 bridgehead atoms. The van der Waals surface area contributed by atoms with Gasteiger partial charge in [-0.1, -0.05) is 82.7 Å². The van der Waals surface area contributed by atoms with Crippen molar-refractivity contribution in [3.63, 3.8) is 0 Å². The van der Waals surface area contributed by atoms with Gasteiger partial charge in [0, 0.05) is 21.2 Å². The molecule has 0 saturated carbocycles. The molecular weight excluding hydrogens is 474 g/mol. The summed E-state index contributed by atoms with van der Waals surface area (Å²) in [7, 11) is 0. The average Bonchev–Trinajstić information content (AvgIpc) is 3.16. The van der Waals surface area contributed by atoms with Gasteiger partial charge in [-0.05, 0) is 38.0 Å². The van der Waals surface area contributed by atoms with Crippen molar-refractivity contribution in [2.24, 2.45) is 0 Å². The maximum Gasteiger partial charge on any atom is 0.167 e. The minimum atomic E-state index is -0.244. The lowest BCUT2D eigenvalue weighted by molar-refractivity contribution is 0.228. The lowest BCUT2D eigenvalue weighted by Gasteiger charge is -2.27. The van der Waals surface area contributed by atoms with Gasteiger partial charge in [-0.25, -0.2) is 15.0 Å². The van der Waals surface area contributed by atoms with E-state index in [4.69, 9.17) is 19.7 Å². The van der Waals surface area contributed by atoms with Crippen molar-refractivity contribution in [2.75, 3.05) is 0 Å². The van der Waals surface area contributed by atoms with E-state index in [0.29, 0.717) is 17.5 Å². The standard InChI is InChI=1S/C28H22BrN3O/c1-28-17-20(29)15-16-23(28)33-24-21(13-8-14-22(24)28)27-31-25(18-9-4-2-5-10-18)30-26(32-27)19-11-6-3-7-12-19/h2,4-6,8-17,23H,3,7H2,1H3. The normalized spacial score (nSPS) is 22.8. The molecule has 2 heterocycles. The highest BCUT2D eigenvalue weighted by atomic mass is 79.9. The molecule has 0 spiro atoms. The smallest absolute Gasteiger partial charge is 0.167 e. The summed E-state index contributed by atoms with van der Waals surface area (Å²) in [6, 6.07) is 16.3. The number of halogens is 1. The van der Waals surface area contributed by atoms with Crippen molar-refractivity contribution in [1.82, 2.24) is 15.0 Å². The zero-order valence-corrected chi connectivity index (χ0v) is 19.8. The molecule has 1 aliphatic heterocycles. The number of hydrogen-bond donors (Lipinski definition) is 0. The molecule has 0 fully saturated rings. The minimum absolute atomic E-state index is 0.0613. The van der Waals surface area contributed by atoms with Crippen molar-refractivity contribution < 1.29 is 4.74 Å². The fourth-order valence-electron chi connectivity index (χ4n) is 4.70. The van der Waals surface area contributed by atoms with Gasteiger partial charge in [0.05, 0.1) is 11.0 Å². The molecule has 2 aromatic carbocycles. The van der Waals surface area contributed by atoms with Crippen LogP contribution in [0.5, 0.6) is 5.75 Å². The molecule has 3 aromatic rings. The molecule has 0 N–H and O–H groups in total. The van der Waals surface area contributed by atoms with Gasteiger partial charge in [-0.2, -0.15) is 0 Å². The molecule has 33 heavy (non-hydrogen) atoms. The number of hydrogen-bond acceptors (Lipinski definition) is 4. The van der Waals surface area contributed by atoms with Crippen molar-refractivity contribution in [3.8, 4) is 28.5 Å². The predicted molar refractivity (Wildman–Crippen MR) is 135 cm³/mol. The third kappa shape index (κ3) is 3.47. The van der Waals surface area contributed by atoms with Crippen LogP contribution in [0.15, 0.2) is 89.5 Å². The van der Waals surface area contributed by atoms with E-state index in [9.17, 15) is 0 Å². The number of rotatable bonds is 3. The Labute approximate surface area is 201 Å². The Balaban J connectivity index is 1.54. The van der Waals surface area contributed by atoms with Crippen molar-refractivity contribution in [3.05, 3.63) is 101 Å². The van der Waals surface area contributed by atoms with Crippen molar-refractivity contribution in [1.29, 1.82) is 0 Å². The Morgan fingerprint density at radius 3 is 2.55 bits per heavy atom. The largest absolute Gasteiger partial charge is 0.484 e. The van der Waals surface area contributed by atoms with E-state index in [1.165, 1.54) is 0 Å². The van der Waals surface area contributed by atoms with Crippen LogP contribution >= 0.6 is 15.9 Å². The molecule has 4 nitrogen and oxygen atoms in total. The van der Waals surface area contributed by atoms with Gasteiger partial charge in [0.15, 0.2) is 17.5 Å². The molecule has 0 saturated heterocycles. The van der Waals surface area contributed by atoms with E-state index in [2.05, 4.69) is 71.4 Å². The Kier molecular flexibility index (Phi) is 4.88. The van der Waals surface area contributed by atoms with E-state index in [-0.39, 0.29) is 11.5 Å². The van der Waals surface area contributed by atoms with Crippen LogP contribution in [0.3, 0.4) is 0 Å². The molecule has 6 rings (SSSR count). The molecule has 0 radical (unpaired) electrons. The summed E-state index contributed by atoms with van der Waals surface area (Å²) in [5.41, 5.74) is 3.79. The molecule has 2 aliphatic carbocycles. The van der Waals surface area contributed by atoms with Crippen LogP contribution in [0.2, 0.25) is 0 Å². The Morgan fingerprint density at radius 2 is 1.73 bits per heavy atom. The highest BCUT2D eigenvalue weighted by Gasteiger charge is 2.45. The third-order valence-electron chi connectivity index (χ3n) is 6.46. The average molecular weight is 496 g/mol. The minimum Gasteiger partial charge on any atom is -0.484 e. The summed E-state index contributed by atoms with van der Waals surface area (Å²) in [5.74, 6) is 2.83. The fourth-order valence-corrected chi connectivity index (χ4v) is 5.33.